The Labute approximate surface area is 101 Å². The smallest absolute Gasteiger partial charge is 0.137 e. The third kappa shape index (κ3) is 1.55. The maximum Gasteiger partial charge on any atom is 0.137 e. The summed E-state index contributed by atoms with van der Waals surface area (Å²) in [5, 5.41) is 1.20. The minimum atomic E-state index is 0.995. The van der Waals surface area contributed by atoms with Crippen molar-refractivity contribution in [3.63, 3.8) is 0 Å². The number of furan rings is 1. The van der Waals surface area contributed by atoms with Crippen LogP contribution in [0.1, 0.15) is 11.1 Å². The average Bonchev–Trinajstić information content (AvgIpc) is 2.79. The van der Waals surface area contributed by atoms with Gasteiger partial charge in [0.2, 0.25) is 0 Å². The van der Waals surface area contributed by atoms with Gasteiger partial charge >= 0.3 is 0 Å². The summed E-state index contributed by atoms with van der Waals surface area (Å²) in [7, 11) is 0. The van der Waals surface area contributed by atoms with E-state index in [1.54, 1.807) is 6.26 Å². The van der Waals surface area contributed by atoms with Crippen molar-refractivity contribution >= 4 is 11.0 Å². The summed E-state index contributed by atoms with van der Waals surface area (Å²) in [5.74, 6) is 0. The summed E-state index contributed by atoms with van der Waals surface area (Å²) in [6.45, 7) is 4.25. The van der Waals surface area contributed by atoms with Gasteiger partial charge < -0.3 is 4.42 Å². The van der Waals surface area contributed by atoms with Crippen LogP contribution >= 0.6 is 0 Å². The molecular weight excluding hydrogens is 208 g/mol. The van der Waals surface area contributed by atoms with Crippen LogP contribution in [0.2, 0.25) is 0 Å². The van der Waals surface area contributed by atoms with Crippen LogP contribution in [-0.4, -0.2) is 0 Å². The van der Waals surface area contributed by atoms with Gasteiger partial charge in [0.05, 0.1) is 6.26 Å². The van der Waals surface area contributed by atoms with E-state index in [1.165, 1.54) is 27.6 Å². The number of hydrogen-bond donors (Lipinski definition) is 0. The summed E-state index contributed by atoms with van der Waals surface area (Å²) >= 11 is 0. The van der Waals surface area contributed by atoms with Crippen molar-refractivity contribution in [2.24, 2.45) is 0 Å². The number of fused-ring (bicyclic) bond motifs is 1. The second kappa shape index (κ2) is 3.77. The van der Waals surface area contributed by atoms with E-state index < -0.39 is 0 Å². The number of benzene rings is 2. The molecule has 0 aliphatic heterocycles. The minimum Gasteiger partial charge on any atom is -0.464 e. The van der Waals surface area contributed by atoms with Crippen molar-refractivity contribution < 1.29 is 4.42 Å². The predicted molar refractivity (Wildman–Crippen MR) is 71.1 cm³/mol. The van der Waals surface area contributed by atoms with Gasteiger partial charge in [-0.15, -0.1) is 0 Å². The standard InChI is InChI=1S/C16H14O/c1-11-10-12(2)16-14(8-9-17-16)15(11)13-6-4-3-5-7-13/h3-10H,1-2H3. The van der Waals surface area contributed by atoms with E-state index >= 15 is 0 Å². The van der Waals surface area contributed by atoms with Crippen molar-refractivity contribution in [1.29, 1.82) is 0 Å². The van der Waals surface area contributed by atoms with Crippen molar-refractivity contribution in [2.75, 3.05) is 0 Å². The Morgan fingerprint density at radius 2 is 1.65 bits per heavy atom. The Kier molecular flexibility index (Phi) is 2.25. The molecule has 0 fully saturated rings. The van der Waals surface area contributed by atoms with Crippen molar-refractivity contribution in [3.8, 4) is 11.1 Å². The normalized spacial score (nSPS) is 10.9. The average molecular weight is 222 g/mol. The molecule has 0 saturated heterocycles. The van der Waals surface area contributed by atoms with Crippen LogP contribution in [0.5, 0.6) is 0 Å². The van der Waals surface area contributed by atoms with Crippen molar-refractivity contribution in [3.05, 3.63) is 59.9 Å². The minimum absolute atomic E-state index is 0.995. The Hall–Kier alpha value is -2.02. The SMILES string of the molecule is Cc1cc(C)c2occc2c1-c1ccccc1. The van der Waals surface area contributed by atoms with Gasteiger partial charge in [-0.25, -0.2) is 0 Å². The van der Waals surface area contributed by atoms with E-state index in [2.05, 4.69) is 50.2 Å². The summed E-state index contributed by atoms with van der Waals surface area (Å²) in [5.41, 5.74) is 6.01. The van der Waals surface area contributed by atoms with Gasteiger partial charge in [-0.1, -0.05) is 36.4 Å². The first-order valence-electron chi connectivity index (χ1n) is 5.80. The fraction of sp³-hybridized carbons (Fsp3) is 0.125. The highest BCUT2D eigenvalue weighted by molar-refractivity contribution is 5.97. The lowest BCUT2D eigenvalue weighted by Gasteiger charge is -2.09. The molecule has 3 aromatic rings. The molecule has 0 bridgehead atoms. The molecule has 0 aliphatic rings. The highest BCUT2D eigenvalue weighted by atomic mass is 16.3. The van der Waals surface area contributed by atoms with Crippen molar-refractivity contribution in [1.82, 2.24) is 0 Å². The lowest BCUT2D eigenvalue weighted by atomic mass is 9.95. The molecular formula is C16H14O. The van der Waals surface area contributed by atoms with E-state index in [0.29, 0.717) is 0 Å². The van der Waals surface area contributed by atoms with Gasteiger partial charge in [-0.2, -0.15) is 0 Å². The van der Waals surface area contributed by atoms with Crippen LogP contribution in [0.25, 0.3) is 22.1 Å². The first-order chi connectivity index (χ1) is 8.27. The molecule has 0 saturated carbocycles. The Morgan fingerprint density at radius 1 is 0.882 bits per heavy atom. The summed E-state index contributed by atoms with van der Waals surface area (Å²) in [6, 6.07) is 14.7. The van der Waals surface area contributed by atoms with E-state index in [1.807, 2.05) is 6.07 Å². The van der Waals surface area contributed by atoms with Crippen LogP contribution in [0.3, 0.4) is 0 Å². The number of hydrogen-bond acceptors (Lipinski definition) is 1. The molecule has 0 N–H and O–H groups in total. The molecule has 1 aromatic heterocycles. The van der Waals surface area contributed by atoms with Crippen LogP contribution in [-0.2, 0) is 0 Å². The molecule has 3 rings (SSSR count). The topological polar surface area (TPSA) is 13.1 Å². The zero-order valence-electron chi connectivity index (χ0n) is 10.0. The van der Waals surface area contributed by atoms with Gasteiger partial charge in [0.1, 0.15) is 5.58 Å². The molecule has 17 heavy (non-hydrogen) atoms. The van der Waals surface area contributed by atoms with Gasteiger partial charge in [0, 0.05) is 5.39 Å². The molecule has 0 atom stereocenters. The highest BCUT2D eigenvalue weighted by Crippen LogP contribution is 2.34. The zero-order valence-corrected chi connectivity index (χ0v) is 10.0. The summed E-state index contributed by atoms with van der Waals surface area (Å²) < 4.78 is 5.57. The Balaban J connectivity index is 2.40. The molecule has 1 nitrogen and oxygen atoms in total. The van der Waals surface area contributed by atoms with Gasteiger partial charge in [0.15, 0.2) is 0 Å². The van der Waals surface area contributed by atoms with E-state index in [9.17, 15) is 0 Å². The predicted octanol–water partition coefficient (Wildman–Crippen LogP) is 4.72. The number of aryl methyl sites for hydroxylation is 2. The molecule has 0 unspecified atom stereocenters. The van der Waals surface area contributed by atoms with Crippen LogP contribution in [0, 0.1) is 13.8 Å². The largest absolute Gasteiger partial charge is 0.464 e. The van der Waals surface area contributed by atoms with E-state index in [0.717, 1.165) is 5.58 Å². The Bertz CT molecular complexity index is 663. The van der Waals surface area contributed by atoms with Crippen LogP contribution in [0.15, 0.2) is 53.1 Å². The van der Waals surface area contributed by atoms with Gasteiger partial charge in [-0.3, -0.25) is 0 Å². The third-order valence-electron chi connectivity index (χ3n) is 3.18. The maximum absolute atomic E-state index is 5.57. The molecule has 0 spiro atoms. The first kappa shape index (κ1) is 10.2. The molecule has 1 heteroatoms. The zero-order chi connectivity index (χ0) is 11.8. The van der Waals surface area contributed by atoms with Crippen molar-refractivity contribution in [2.45, 2.75) is 13.8 Å². The molecule has 0 amide bonds. The van der Waals surface area contributed by atoms with Crippen LogP contribution in [0.4, 0.5) is 0 Å². The second-order valence-corrected chi connectivity index (χ2v) is 4.41. The molecule has 84 valence electrons. The summed E-state index contributed by atoms with van der Waals surface area (Å²) in [4.78, 5) is 0. The van der Waals surface area contributed by atoms with E-state index in [4.69, 9.17) is 4.42 Å². The highest BCUT2D eigenvalue weighted by Gasteiger charge is 2.11. The fourth-order valence-electron chi connectivity index (χ4n) is 2.47. The molecule has 0 radical (unpaired) electrons. The summed E-state index contributed by atoms with van der Waals surface area (Å²) in [6.07, 6.45) is 1.77. The monoisotopic (exact) mass is 222 g/mol. The second-order valence-electron chi connectivity index (χ2n) is 4.41. The van der Waals surface area contributed by atoms with E-state index in [-0.39, 0.29) is 0 Å². The maximum atomic E-state index is 5.57. The lowest BCUT2D eigenvalue weighted by molar-refractivity contribution is 0.613. The van der Waals surface area contributed by atoms with Gasteiger partial charge in [0.25, 0.3) is 0 Å². The molecule has 1 heterocycles. The first-order valence-corrected chi connectivity index (χ1v) is 5.80. The molecule has 0 aliphatic carbocycles. The number of rotatable bonds is 1. The van der Waals surface area contributed by atoms with Crippen LogP contribution < -0.4 is 0 Å². The third-order valence-corrected chi connectivity index (χ3v) is 3.18. The van der Waals surface area contributed by atoms with Gasteiger partial charge in [-0.05, 0) is 42.2 Å². The lowest BCUT2D eigenvalue weighted by Crippen LogP contribution is -1.86. The quantitative estimate of drug-likeness (QED) is 0.580. The molecule has 2 aromatic carbocycles. The Morgan fingerprint density at radius 3 is 2.41 bits per heavy atom. The fourth-order valence-corrected chi connectivity index (χ4v) is 2.47.